The van der Waals surface area contributed by atoms with Crippen LogP contribution >= 0.6 is 0 Å². The van der Waals surface area contributed by atoms with Crippen LogP contribution in [-0.4, -0.2) is 75.4 Å². The van der Waals surface area contributed by atoms with E-state index in [1.54, 1.807) is 7.11 Å². The Bertz CT molecular complexity index is 197. The van der Waals surface area contributed by atoms with Crippen molar-refractivity contribution in [2.45, 2.75) is 19.4 Å². The Morgan fingerprint density at radius 3 is 2.62 bits per heavy atom. The molecule has 1 heterocycles. The summed E-state index contributed by atoms with van der Waals surface area (Å²) in [5, 5.41) is 3.39. The van der Waals surface area contributed by atoms with Crippen LogP contribution in [-0.2, 0) is 4.74 Å². The van der Waals surface area contributed by atoms with E-state index in [4.69, 9.17) is 4.74 Å². The monoisotopic (exact) mass is 229 g/mol. The lowest BCUT2D eigenvalue weighted by Gasteiger charge is -2.45. The Morgan fingerprint density at radius 1 is 1.25 bits per heavy atom. The first-order valence-electron chi connectivity index (χ1n) is 6.19. The number of hydrogen-bond acceptors (Lipinski definition) is 4. The fourth-order valence-corrected chi connectivity index (χ4v) is 2.07. The van der Waals surface area contributed by atoms with E-state index < -0.39 is 0 Å². The molecule has 4 nitrogen and oxygen atoms in total. The number of ether oxygens (including phenoxy) is 1. The summed E-state index contributed by atoms with van der Waals surface area (Å²) in [4.78, 5) is 4.99. The van der Waals surface area contributed by atoms with Crippen LogP contribution in [0.5, 0.6) is 0 Å². The second-order valence-electron chi connectivity index (χ2n) is 5.25. The van der Waals surface area contributed by atoms with Gasteiger partial charge in [-0.1, -0.05) is 0 Å². The molecule has 1 aliphatic rings. The Balaban J connectivity index is 2.14. The van der Waals surface area contributed by atoms with Crippen LogP contribution in [0.2, 0.25) is 0 Å². The summed E-state index contributed by atoms with van der Waals surface area (Å²) >= 11 is 0. The van der Waals surface area contributed by atoms with Gasteiger partial charge in [0.15, 0.2) is 0 Å². The highest BCUT2D eigenvalue weighted by Gasteiger charge is 2.30. The number of rotatable bonds is 6. The molecule has 0 saturated carbocycles. The van der Waals surface area contributed by atoms with E-state index in [-0.39, 0.29) is 0 Å². The molecule has 1 aliphatic heterocycles. The first-order valence-corrected chi connectivity index (χ1v) is 6.19. The van der Waals surface area contributed by atoms with Crippen LogP contribution in [0.4, 0.5) is 0 Å². The lowest BCUT2D eigenvalue weighted by Crippen LogP contribution is -2.58. The molecule has 0 aromatic rings. The van der Waals surface area contributed by atoms with E-state index in [2.05, 4.69) is 36.0 Å². The molecule has 0 atom stereocenters. The van der Waals surface area contributed by atoms with Gasteiger partial charge in [-0.05, 0) is 20.9 Å². The number of hydrogen-bond donors (Lipinski definition) is 1. The van der Waals surface area contributed by atoms with Crippen molar-refractivity contribution < 1.29 is 4.74 Å². The van der Waals surface area contributed by atoms with Gasteiger partial charge in [-0.15, -0.1) is 0 Å². The minimum atomic E-state index is 0.310. The predicted octanol–water partition coefficient (Wildman–Crippen LogP) is 0.248. The number of methoxy groups -OCH3 is 1. The van der Waals surface area contributed by atoms with E-state index >= 15 is 0 Å². The highest BCUT2D eigenvalue weighted by Crippen LogP contribution is 2.17. The number of likely N-dealkylation sites (N-methyl/N-ethyl adjacent to an activating group) is 1. The Morgan fingerprint density at radius 2 is 2.00 bits per heavy atom. The van der Waals surface area contributed by atoms with Gasteiger partial charge in [0.25, 0.3) is 0 Å². The largest absolute Gasteiger partial charge is 0.383 e. The van der Waals surface area contributed by atoms with Crippen molar-refractivity contribution in [1.82, 2.24) is 15.1 Å². The van der Waals surface area contributed by atoms with Crippen molar-refractivity contribution in [3.05, 3.63) is 0 Å². The number of piperazine rings is 1. The van der Waals surface area contributed by atoms with Crippen LogP contribution in [0.3, 0.4) is 0 Å². The maximum Gasteiger partial charge on any atom is 0.0587 e. The predicted molar refractivity (Wildman–Crippen MR) is 67.9 cm³/mol. The third-order valence-corrected chi connectivity index (χ3v) is 3.48. The number of nitrogens with zero attached hydrogens (tertiary/aromatic N) is 2. The molecular weight excluding hydrogens is 202 g/mol. The van der Waals surface area contributed by atoms with Crippen molar-refractivity contribution >= 4 is 0 Å². The van der Waals surface area contributed by atoms with Gasteiger partial charge in [-0.25, -0.2) is 0 Å². The third kappa shape index (κ3) is 4.37. The summed E-state index contributed by atoms with van der Waals surface area (Å²) in [5.74, 6) is 0. The first kappa shape index (κ1) is 13.9. The van der Waals surface area contributed by atoms with E-state index in [1.807, 2.05) is 0 Å². The van der Waals surface area contributed by atoms with Gasteiger partial charge in [0.2, 0.25) is 0 Å². The maximum atomic E-state index is 5.00. The maximum absolute atomic E-state index is 5.00. The summed E-state index contributed by atoms with van der Waals surface area (Å²) in [5.41, 5.74) is 0.310. The molecule has 0 aromatic carbocycles. The fraction of sp³-hybridized carbons (Fsp3) is 1.00. The smallest absolute Gasteiger partial charge is 0.0587 e. The molecular formula is C12H27N3O. The van der Waals surface area contributed by atoms with Crippen LogP contribution < -0.4 is 5.32 Å². The standard InChI is InChI=1S/C12H27N3O/c1-12(2)11-15(9-8-14(12)3)7-5-13-6-10-16-4/h13H,5-11H2,1-4H3. The lowest BCUT2D eigenvalue weighted by molar-refractivity contribution is 0.0405. The zero-order valence-electron chi connectivity index (χ0n) is 11.3. The first-order chi connectivity index (χ1) is 7.56. The Kier molecular flexibility index (Phi) is 5.69. The molecule has 1 fully saturated rings. The van der Waals surface area contributed by atoms with Gasteiger partial charge >= 0.3 is 0 Å². The van der Waals surface area contributed by atoms with Gasteiger partial charge in [-0.3, -0.25) is 9.80 Å². The zero-order valence-corrected chi connectivity index (χ0v) is 11.3. The molecule has 1 N–H and O–H groups in total. The lowest BCUT2D eigenvalue weighted by atomic mass is 10.00. The molecule has 0 bridgehead atoms. The topological polar surface area (TPSA) is 27.7 Å². The molecule has 16 heavy (non-hydrogen) atoms. The molecule has 0 unspecified atom stereocenters. The van der Waals surface area contributed by atoms with Crippen molar-refractivity contribution in [1.29, 1.82) is 0 Å². The van der Waals surface area contributed by atoms with Crippen molar-refractivity contribution in [3.8, 4) is 0 Å². The third-order valence-electron chi connectivity index (χ3n) is 3.48. The normalized spacial score (nSPS) is 22.5. The zero-order chi connectivity index (χ0) is 12.0. The summed E-state index contributed by atoms with van der Waals surface area (Å²) in [7, 11) is 3.96. The summed E-state index contributed by atoms with van der Waals surface area (Å²) < 4.78 is 5.00. The molecule has 0 amide bonds. The summed E-state index contributed by atoms with van der Waals surface area (Å²) in [6.45, 7) is 12.1. The second-order valence-corrected chi connectivity index (χ2v) is 5.25. The molecule has 96 valence electrons. The second kappa shape index (κ2) is 6.55. The van der Waals surface area contributed by atoms with Crippen molar-refractivity contribution in [2.24, 2.45) is 0 Å². The molecule has 1 rings (SSSR count). The van der Waals surface area contributed by atoms with Crippen LogP contribution in [0.15, 0.2) is 0 Å². The summed E-state index contributed by atoms with van der Waals surface area (Å²) in [6.07, 6.45) is 0. The van der Waals surface area contributed by atoms with E-state index in [0.29, 0.717) is 5.54 Å². The van der Waals surface area contributed by atoms with Crippen LogP contribution in [0.1, 0.15) is 13.8 Å². The molecule has 1 saturated heterocycles. The van der Waals surface area contributed by atoms with Crippen LogP contribution in [0.25, 0.3) is 0 Å². The van der Waals surface area contributed by atoms with Crippen molar-refractivity contribution in [2.75, 3.05) is 60.0 Å². The molecule has 0 spiro atoms. The van der Waals surface area contributed by atoms with Crippen molar-refractivity contribution in [3.63, 3.8) is 0 Å². The highest BCUT2D eigenvalue weighted by molar-refractivity contribution is 4.88. The van der Waals surface area contributed by atoms with Crippen LogP contribution in [0, 0.1) is 0 Å². The SMILES string of the molecule is COCCNCCN1CCN(C)C(C)(C)C1. The Labute approximate surface area is 99.9 Å². The molecule has 0 aromatic heterocycles. The van der Waals surface area contributed by atoms with Gasteiger partial charge < -0.3 is 10.1 Å². The minimum absolute atomic E-state index is 0.310. The van der Waals surface area contributed by atoms with E-state index in [1.165, 1.54) is 13.1 Å². The van der Waals surface area contributed by atoms with Gasteiger partial charge in [-0.2, -0.15) is 0 Å². The molecule has 0 aliphatic carbocycles. The highest BCUT2D eigenvalue weighted by atomic mass is 16.5. The average Bonchev–Trinajstić information content (AvgIpc) is 2.23. The van der Waals surface area contributed by atoms with E-state index in [9.17, 15) is 0 Å². The fourth-order valence-electron chi connectivity index (χ4n) is 2.07. The summed E-state index contributed by atoms with van der Waals surface area (Å²) in [6, 6.07) is 0. The quantitative estimate of drug-likeness (QED) is 0.661. The molecule has 0 radical (unpaired) electrons. The van der Waals surface area contributed by atoms with Gasteiger partial charge in [0.1, 0.15) is 0 Å². The Hall–Kier alpha value is -0.160. The minimum Gasteiger partial charge on any atom is -0.383 e. The van der Waals surface area contributed by atoms with E-state index in [0.717, 1.165) is 32.8 Å². The van der Waals surface area contributed by atoms with Gasteiger partial charge in [0, 0.05) is 51.9 Å². The molecule has 4 heteroatoms. The average molecular weight is 229 g/mol. The number of nitrogens with one attached hydrogen (secondary N) is 1. The van der Waals surface area contributed by atoms with Gasteiger partial charge in [0.05, 0.1) is 6.61 Å².